The summed E-state index contributed by atoms with van der Waals surface area (Å²) in [6.45, 7) is 0.799. The number of aromatic nitrogens is 1. The number of nitrogens with one attached hydrogen (secondary N) is 1. The fraction of sp³-hybridized carbons (Fsp3) is 0.143. The molecule has 0 bridgehead atoms. The first-order chi connectivity index (χ1) is 8.75. The molecule has 2 aromatic rings. The molecule has 0 aliphatic carbocycles. The zero-order chi connectivity index (χ0) is 12.8. The largest absolute Gasteiger partial charge is 0.385 e. The summed E-state index contributed by atoms with van der Waals surface area (Å²) in [5.74, 6) is -0.407. The van der Waals surface area contributed by atoms with E-state index in [2.05, 4.69) is 10.3 Å². The van der Waals surface area contributed by atoms with Gasteiger partial charge in [0, 0.05) is 36.1 Å². The summed E-state index contributed by atoms with van der Waals surface area (Å²) >= 11 is 0. The van der Waals surface area contributed by atoms with Gasteiger partial charge in [-0.1, -0.05) is 6.07 Å². The van der Waals surface area contributed by atoms with Crippen LogP contribution in [-0.2, 0) is 6.42 Å². The monoisotopic (exact) mass is 241 g/mol. The maximum Gasteiger partial charge on any atom is 0.248 e. The third-order valence-corrected chi connectivity index (χ3v) is 2.61. The van der Waals surface area contributed by atoms with E-state index in [9.17, 15) is 4.79 Å². The van der Waals surface area contributed by atoms with Crippen LogP contribution in [0.1, 0.15) is 16.1 Å². The van der Waals surface area contributed by atoms with Gasteiger partial charge in [-0.25, -0.2) is 0 Å². The van der Waals surface area contributed by atoms with E-state index in [1.165, 1.54) is 0 Å². The smallest absolute Gasteiger partial charge is 0.248 e. The van der Waals surface area contributed by atoms with Crippen molar-refractivity contribution in [3.8, 4) is 0 Å². The zero-order valence-corrected chi connectivity index (χ0v) is 9.97. The van der Waals surface area contributed by atoms with Crippen molar-refractivity contribution in [2.75, 3.05) is 11.9 Å². The Hall–Kier alpha value is -2.36. The fourth-order valence-corrected chi connectivity index (χ4v) is 1.63. The van der Waals surface area contributed by atoms with E-state index < -0.39 is 5.91 Å². The van der Waals surface area contributed by atoms with E-state index in [0.717, 1.165) is 24.3 Å². The van der Waals surface area contributed by atoms with Gasteiger partial charge in [-0.2, -0.15) is 0 Å². The predicted octanol–water partition coefficient (Wildman–Crippen LogP) is 1.84. The van der Waals surface area contributed by atoms with E-state index in [0.29, 0.717) is 5.56 Å². The molecule has 2 rings (SSSR count). The van der Waals surface area contributed by atoms with E-state index >= 15 is 0 Å². The number of nitrogens with two attached hydrogens (primary N) is 1. The molecule has 1 aromatic carbocycles. The van der Waals surface area contributed by atoms with Crippen molar-refractivity contribution in [1.29, 1.82) is 0 Å². The van der Waals surface area contributed by atoms with Gasteiger partial charge in [0.25, 0.3) is 0 Å². The van der Waals surface area contributed by atoms with E-state index in [-0.39, 0.29) is 0 Å². The van der Waals surface area contributed by atoms with Gasteiger partial charge >= 0.3 is 0 Å². The number of hydrogen-bond acceptors (Lipinski definition) is 3. The Morgan fingerprint density at radius 3 is 2.56 bits per heavy atom. The van der Waals surface area contributed by atoms with Crippen LogP contribution in [0.25, 0.3) is 0 Å². The first-order valence-electron chi connectivity index (χ1n) is 5.79. The standard InChI is InChI=1S/C14H15N3O/c15-14(18)11-4-6-13(7-5-11)17-10-8-12-3-1-2-9-16-12/h1-7,9,17H,8,10H2,(H2,15,18). The number of carbonyl (C=O) groups is 1. The topological polar surface area (TPSA) is 68.0 Å². The summed E-state index contributed by atoms with van der Waals surface area (Å²) in [4.78, 5) is 15.2. The minimum absolute atomic E-state index is 0.407. The molecule has 0 atom stereocenters. The van der Waals surface area contributed by atoms with Crippen molar-refractivity contribution in [2.45, 2.75) is 6.42 Å². The maximum atomic E-state index is 10.9. The van der Waals surface area contributed by atoms with Gasteiger partial charge in [0.05, 0.1) is 0 Å². The molecule has 1 amide bonds. The lowest BCUT2D eigenvalue weighted by Gasteiger charge is -2.06. The van der Waals surface area contributed by atoms with Crippen LogP contribution in [0.5, 0.6) is 0 Å². The van der Waals surface area contributed by atoms with Gasteiger partial charge in [0.15, 0.2) is 0 Å². The molecule has 92 valence electrons. The molecule has 0 aliphatic rings. The van der Waals surface area contributed by atoms with Gasteiger partial charge in [-0.05, 0) is 36.4 Å². The average molecular weight is 241 g/mol. The number of primary amides is 1. The molecule has 0 fully saturated rings. The van der Waals surface area contributed by atoms with Crippen molar-refractivity contribution in [1.82, 2.24) is 4.98 Å². The van der Waals surface area contributed by atoms with Crippen LogP contribution in [0.3, 0.4) is 0 Å². The molecule has 4 heteroatoms. The summed E-state index contributed by atoms with van der Waals surface area (Å²) in [6.07, 6.45) is 2.65. The predicted molar refractivity (Wildman–Crippen MR) is 71.4 cm³/mol. The third kappa shape index (κ3) is 3.31. The van der Waals surface area contributed by atoms with Crippen LogP contribution >= 0.6 is 0 Å². The number of anilines is 1. The molecule has 0 spiro atoms. The van der Waals surface area contributed by atoms with Gasteiger partial charge in [-0.15, -0.1) is 0 Å². The van der Waals surface area contributed by atoms with Gasteiger partial charge in [0.1, 0.15) is 0 Å². The van der Waals surface area contributed by atoms with Gasteiger partial charge in [-0.3, -0.25) is 9.78 Å². The van der Waals surface area contributed by atoms with Crippen molar-refractivity contribution < 1.29 is 4.79 Å². The Labute approximate surface area is 106 Å². The molecule has 1 heterocycles. The lowest BCUT2D eigenvalue weighted by molar-refractivity contribution is 0.100. The summed E-state index contributed by atoms with van der Waals surface area (Å²) in [7, 11) is 0. The Bertz CT molecular complexity index is 508. The molecule has 0 saturated carbocycles. The highest BCUT2D eigenvalue weighted by atomic mass is 16.1. The molecule has 18 heavy (non-hydrogen) atoms. The van der Waals surface area contributed by atoms with Crippen LogP contribution in [0.2, 0.25) is 0 Å². The number of nitrogens with zero attached hydrogens (tertiary/aromatic N) is 1. The van der Waals surface area contributed by atoms with Crippen LogP contribution in [0.4, 0.5) is 5.69 Å². The number of carbonyl (C=O) groups excluding carboxylic acids is 1. The number of hydrogen-bond donors (Lipinski definition) is 2. The number of rotatable bonds is 5. The molecule has 0 radical (unpaired) electrons. The van der Waals surface area contributed by atoms with Gasteiger partial charge < -0.3 is 11.1 Å². The number of amides is 1. The molecule has 0 saturated heterocycles. The molecule has 0 unspecified atom stereocenters. The number of pyridine rings is 1. The summed E-state index contributed by atoms with van der Waals surface area (Å²) in [6, 6.07) is 13.0. The second-order valence-corrected chi connectivity index (χ2v) is 3.94. The van der Waals surface area contributed by atoms with Crippen molar-refractivity contribution >= 4 is 11.6 Å². The van der Waals surface area contributed by atoms with Crippen LogP contribution in [-0.4, -0.2) is 17.4 Å². The van der Waals surface area contributed by atoms with E-state index in [1.807, 2.05) is 30.3 Å². The molecule has 0 aliphatic heterocycles. The maximum absolute atomic E-state index is 10.9. The average Bonchev–Trinajstić information content (AvgIpc) is 2.40. The lowest BCUT2D eigenvalue weighted by atomic mass is 10.2. The van der Waals surface area contributed by atoms with E-state index in [4.69, 9.17) is 5.73 Å². The first-order valence-corrected chi connectivity index (χ1v) is 5.79. The summed E-state index contributed by atoms with van der Waals surface area (Å²) < 4.78 is 0. The van der Waals surface area contributed by atoms with Gasteiger partial charge in [0.2, 0.25) is 5.91 Å². The Morgan fingerprint density at radius 2 is 1.94 bits per heavy atom. The van der Waals surface area contributed by atoms with Crippen molar-refractivity contribution in [3.63, 3.8) is 0 Å². The molecule has 3 N–H and O–H groups in total. The van der Waals surface area contributed by atoms with E-state index in [1.54, 1.807) is 18.3 Å². The Kier molecular flexibility index (Phi) is 3.91. The lowest BCUT2D eigenvalue weighted by Crippen LogP contribution is -2.11. The summed E-state index contributed by atoms with van der Waals surface area (Å²) in [5.41, 5.74) is 7.71. The molecule has 4 nitrogen and oxygen atoms in total. The minimum Gasteiger partial charge on any atom is -0.385 e. The second kappa shape index (κ2) is 5.82. The highest BCUT2D eigenvalue weighted by Crippen LogP contribution is 2.09. The molecule has 1 aromatic heterocycles. The second-order valence-electron chi connectivity index (χ2n) is 3.94. The highest BCUT2D eigenvalue weighted by Gasteiger charge is 1.99. The Morgan fingerprint density at radius 1 is 1.17 bits per heavy atom. The fourth-order valence-electron chi connectivity index (χ4n) is 1.63. The van der Waals surface area contributed by atoms with Crippen molar-refractivity contribution in [3.05, 3.63) is 59.9 Å². The normalized spacial score (nSPS) is 10.0. The first kappa shape index (κ1) is 12.1. The quantitative estimate of drug-likeness (QED) is 0.839. The third-order valence-electron chi connectivity index (χ3n) is 2.61. The minimum atomic E-state index is -0.407. The number of benzene rings is 1. The summed E-state index contributed by atoms with van der Waals surface area (Å²) in [5, 5.41) is 3.27. The zero-order valence-electron chi connectivity index (χ0n) is 9.97. The Balaban J connectivity index is 1.85. The SMILES string of the molecule is NC(=O)c1ccc(NCCc2ccccn2)cc1. The van der Waals surface area contributed by atoms with Crippen LogP contribution < -0.4 is 11.1 Å². The van der Waals surface area contributed by atoms with Crippen LogP contribution in [0.15, 0.2) is 48.7 Å². The molecular weight excluding hydrogens is 226 g/mol. The van der Waals surface area contributed by atoms with Crippen molar-refractivity contribution in [2.24, 2.45) is 5.73 Å². The molecular formula is C14H15N3O. The van der Waals surface area contributed by atoms with Crippen LogP contribution in [0, 0.1) is 0 Å². The highest BCUT2D eigenvalue weighted by molar-refractivity contribution is 5.93.